The van der Waals surface area contributed by atoms with Gasteiger partial charge in [0.1, 0.15) is 6.10 Å². The first kappa shape index (κ1) is 28.7. The topological polar surface area (TPSA) is 63.6 Å². The Morgan fingerprint density at radius 1 is 0.719 bits per heavy atom. The Labute approximate surface area is 197 Å². The van der Waals surface area contributed by atoms with E-state index in [2.05, 4.69) is 13.8 Å². The van der Waals surface area contributed by atoms with Gasteiger partial charge in [0.25, 0.3) is 0 Å². The van der Waals surface area contributed by atoms with Gasteiger partial charge in [0.05, 0.1) is 11.8 Å². The van der Waals surface area contributed by atoms with Crippen molar-refractivity contribution in [2.75, 3.05) is 0 Å². The van der Waals surface area contributed by atoms with Gasteiger partial charge in [-0.2, -0.15) is 0 Å². The van der Waals surface area contributed by atoms with Gasteiger partial charge in [0.15, 0.2) is 0 Å². The van der Waals surface area contributed by atoms with Crippen molar-refractivity contribution in [2.45, 2.75) is 142 Å². The number of aliphatic carboxylic acids is 1. The van der Waals surface area contributed by atoms with Crippen LogP contribution in [0.3, 0.4) is 0 Å². The maximum absolute atomic E-state index is 12.6. The number of carbonyl (C=O) groups excluding carboxylic acids is 1. The summed E-state index contributed by atoms with van der Waals surface area (Å²) >= 11 is 0. The molecule has 1 aliphatic rings. The van der Waals surface area contributed by atoms with E-state index in [1.807, 2.05) is 12.2 Å². The number of unbranched alkanes of at least 4 members (excludes halogenated alkanes) is 13. The van der Waals surface area contributed by atoms with Crippen LogP contribution in [0.25, 0.3) is 0 Å². The van der Waals surface area contributed by atoms with Gasteiger partial charge in [0, 0.05) is 0 Å². The minimum Gasteiger partial charge on any atom is -0.481 e. The molecule has 0 saturated heterocycles. The number of carboxylic acids is 1. The molecule has 3 unspecified atom stereocenters. The van der Waals surface area contributed by atoms with E-state index >= 15 is 0 Å². The summed E-state index contributed by atoms with van der Waals surface area (Å²) in [6.07, 6.45) is 26.1. The summed E-state index contributed by atoms with van der Waals surface area (Å²) in [6.45, 7) is 4.38. The monoisotopic (exact) mass is 450 g/mol. The first-order valence-electron chi connectivity index (χ1n) is 13.7. The van der Waals surface area contributed by atoms with E-state index in [1.54, 1.807) is 0 Å². The first-order valence-corrected chi connectivity index (χ1v) is 13.7. The van der Waals surface area contributed by atoms with Crippen molar-refractivity contribution in [1.82, 2.24) is 0 Å². The maximum atomic E-state index is 12.6. The summed E-state index contributed by atoms with van der Waals surface area (Å²) in [4.78, 5) is 24.1. The van der Waals surface area contributed by atoms with Crippen LogP contribution in [0.5, 0.6) is 0 Å². The number of esters is 1. The Morgan fingerprint density at radius 3 is 1.66 bits per heavy atom. The molecule has 0 bridgehead atoms. The maximum Gasteiger partial charge on any atom is 0.310 e. The second kappa shape index (κ2) is 19.2. The van der Waals surface area contributed by atoms with Gasteiger partial charge in [0.2, 0.25) is 0 Å². The zero-order valence-electron chi connectivity index (χ0n) is 21.0. The van der Waals surface area contributed by atoms with Crippen molar-refractivity contribution >= 4 is 11.9 Å². The van der Waals surface area contributed by atoms with Crippen LogP contribution in [-0.2, 0) is 14.3 Å². The lowest BCUT2D eigenvalue weighted by Crippen LogP contribution is -2.34. The highest BCUT2D eigenvalue weighted by Gasteiger charge is 2.35. The minimum absolute atomic E-state index is 0.0647. The van der Waals surface area contributed by atoms with Crippen LogP contribution in [0.15, 0.2) is 12.2 Å². The summed E-state index contributed by atoms with van der Waals surface area (Å²) in [5.74, 6) is -2.38. The molecule has 3 atom stereocenters. The Balaban J connectivity index is 2.09. The standard InChI is InChI=1S/C28H50O4/c1-3-5-6-7-8-9-10-11-12-13-14-15-16-17-21-24(20-4-2)32-28(31)26-23-19-18-22-25(26)27(29)30/h18-19,24-26H,3-17,20-23H2,1-2H3,(H,29,30). The van der Waals surface area contributed by atoms with Crippen LogP contribution in [-0.4, -0.2) is 23.1 Å². The summed E-state index contributed by atoms with van der Waals surface area (Å²) in [5.41, 5.74) is 0. The molecule has 4 nitrogen and oxygen atoms in total. The quantitative estimate of drug-likeness (QED) is 0.115. The predicted octanol–water partition coefficient (Wildman–Crippen LogP) is 8.24. The van der Waals surface area contributed by atoms with E-state index in [0.717, 1.165) is 25.7 Å². The van der Waals surface area contributed by atoms with E-state index in [4.69, 9.17) is 4.74 Å². The second-order valence-electron chi connectivity index (χ2n) is 9.73. The lowest BCUT2D eigenvalue weighted by molar-refractivity contribution is -0.162. The van der Waals surface area contributed by atoms with Crippen molar-refractivity contribution < 1.29 is 19.4 Å². The van der Waals surface area contributed by atoms with Gasteiger partial charge in [-0.1, -0.05) is 116 Å². The Hall–Kier alpha value is -1.32. The molecule has 0 aromatic heterocycles. The van der Waals surface area contributed by atoms with Crippen molar-refractivity contribution in [1.29, 1.82) is 0 Å². The van der Waals surface area contributed by atoms with Gasteiger partial charge in [-0.05, 0) is 32.1 Å². The lowest BCUT2D eigenvalue weighted by Gasteiger charge is -2.26. The molecule has 0 radical (unpaired) electrons. The van der Waals surface area contributed by atoms with E-state index in [9.17, 15) is 14.7 Å². The molecule has 0 aromatic rings. The van der Waals surface area contributed by atoms with Crippen molar-refractivity contribution in [3.63, 3.8) is 0 Å². The molecule has 0 aromatic carbocycles. The number of ether oxygens (including phenoxy) is 1. The predicted molar refractivity (Wildman–Crippen MR) is 133 cm³/mol. The fraction of sp³-hybridized carbons (Fsp3) is 0.857. The van der Waals surface area contributed by atoms with Crippen LogP contribution < -0.4 is 0 Å². The normalized spacial score (nSPS) is 19.1. The average molecular weight is 451 g/mol. The largest absolute Gasteiger partial charge is 0.481 e. The van der Waals surface area contributed by atoms with Gasteiger partial charge in [-0.15, -0.1) is 0 Å². The molecule has 0 saturated carbocycles. The zero-order chi connectivity index (χ0) is 23.4. The number of hydrogen-bond acceptors (Lipinski definition) is 3. The third-order valence-corrected chi connectivity index (χ3v) is 6.83. The fourth-order valence-corrected chi connectivity index (χ4v) is 4.75. The zero-order valence-corrected chi connectivity index (χ0v) is 21.0. The highest BCUT2D eigenvalue weighted by molar-refractivity contribution is 5.81. The molecule has 0 aliphatic heterocycles. The summed E-state index contributed by atoms with van der Waals surface area (Å²) in [6, 6.07) is 0. The van der Waals surface area contributed by atoms with E-state index in [0.29, 0.717) is 12.8 Å². The highest BCUT2D eigenvalue weighted by Crippen LogP contribution is 2.28. The summed E-state index contributed by atoms with van der Waals surface area (Å²) in [7, 11) is 0. The van der Waals surface area contributed by atoms with E-state index < -0.39 is 17.8 Å². The van der Waals surface area contributed by atoms with Crippen molar-refractivity contribution in [3.05, 3.63) is 12.2 Å². The Morgan fingerprint density at radius 2 is 1.19 bits per heavy atom. The molecular weight excluding hydrogens is 400 g/mol. The fourth-order valence-electron chi connectivity index (χ4n) is 4.75. The third-order valence-electron chi connectivity index (χ3n) is 6.83. The van der Waals surface area contributed by atoms with Crippen LogP contribution in [0.4, 0.5) is 0 Å². The van der Waals surface area contributed by atoms with Gasteiger partial charge in [-0.25, -0.2) is 0 Å². The molecule has 0 fully saturated rings. The summed E-state index contributed by atoms with van der Waals surface area (Å²) in [5, 5.41) is 9.40. The molecule has 1 N–H and O–H groups in total. The minimum atomic E-state index is -0.893. The van der Waals surface area contributed by atoms with Gasteiger partial charge in [-0.3, -0.25) is 9.59 Å². The Bertz CT molecular complexity index is 514. The molecule has 1 aliphatic carbocycles. The Kier molecular flexibility index (Phi) is 17.2. The smallest absolute Gasteiger partial charge is 0.310 e. The van der Waals surface area contributed by atoms with Gasteiger partial charge >= 0.3 is 11.9 Å². The van der Waals surface area contributed by atoms with E-state index in [1.165, 1.54) is 83.5 Å². The number of hydrogen-bond donors (Lipinski definition) is 1. The molecule has 1 rings (SSSR count). The van der Waals surface area contributed by atoms with Crippen LogP contribution in [0.1, 0.15) is 136 Å². The lowest BCUT2D eigenvalue weighted by atomic mass is 9.83. The van der Waals surface area contributed by atoms with Crippen LogP contribution in [0.2, 0.25) is 0 Å². The van der Waals surface area contributed by atoms with Crippen molar-refractivity contribution in [3.8, 4) is 0 Å². The number of carbonyl (C=O) groups is 2. The molecule has 0 amide bonds. The number of rotatable bonds is 20. The first-order chi connectivity index (χ1) is 15.6. The molecular formula is C28H50O4. The van der Waals surface area contributed by atoms with Gasteiger partial charge < -0.3 is 9.84 Å². The highest BCUT2D eigenvalue weighted by atomic mass is 16.5. The van der Waals surface area contributed by atoms with Crippen molar-refractivity contribution in [2.24, 2.45) is 11.8 Å². The number of carboxylic acid groups (broad SMARTS) is 1. The number of allylic oxidation sites excluding steroid dienone is 2. The summed E-state index contributed by atoms with van der Waals surface area (Å²) < 4.78 is 5.79. The van der Waals surface area contributed by atoms with E-state index in [-0.39, 0.29) is 12.1 Å². The molecule has 186 valence electrons. The SMILES string of the molecule is CCCCCCCCCCCCCCCCC(CCC)OC(=O)C1CC=CCC1C(=O)O. The van der Waals surface area contributed by atoms with Crippen LogP contribution >= 0.6 is 0 Å². The molecule has 0 heterocycles. The average Bonchev–Trinajstić information content (AvgIpc) is 2.79. The second-order valence-corrected chi connectivity index (χ2v) is 9.73. The molecule has 0 spiro atoms. The third kappa shape index (κ3) is 13.3. The van der Waals surface area contributed by atoms with Crippen LogP contribution in [0, 0.1) is 11.8 Å². The molecule has 4 heteroatoms. The molecule has 32 heavy (non-hydrogen) atoms.